The first-order valence-corrected chi connectivity index (χ1v) is 8.49. The molecule has 0 unspecified atom stereocenters. The second-order valence-electron chi connectivity index (χ2n) is 6.09. The molecule has 0 heterocycles. The molecule has 0 aliphatic rings. The van der Waals surface area contributed by atoms with Gasteiger partial charge in [0, 0.05) is 32.0 Å². The number of rotatable bonds is 8. The lowest BCUT2D eigenvalue weighted by Gasteiger charge is -2.23. The van der Waals surface area contributed by atoms with E-state index >= 15 is 0 Å². The lowest BCUT2D eigenvalue weighted by atomic mass is 10.1. The number of benzene rings is 2. The SMILES string of the molecule is CC(=O)Nc1cc(C(=O)N(CCCC(=O)O)Cc2ccccc2)ccc1F. The van der Waals surface area contributed by atoms with E-state index in [2.05, 4.69) is 5.32 Å². The molecule has 2 aromatic carbocycles. The Labute approximate surface area is 156 Å². The summed E-state index contributed by atoms with van der Waals surface area (Å²) in [5.41, 5.74) is 1.04. The van der Waals surface area contributed by atoms with Gasteiger partial charge in [-0.25, -0.2) is 4.39 Å². The Morgan fingerprint density at radius 3 is 2.44 bits per heavy atom. The van der Waals surface area contributed by atoms with Gasteiger partial charge in [0.1, 0.15) is 5.82 Å². The summed E-state index contributed by atoms with van der Waals surface area (Å²) in [6, 6.07) is 13.0. The number of carboxylic acid groups (broad SMARTS) is 1. The summed E-state index contributed by atoms with van der Waals surface area (Å²) in [6.45, 7) is 1.79. The highest BCUT2D eigenvalue weighted by molar-refractivity contribution is 5.97. The highest BCUT2D eigenvalue weighted by atomic mass is 19.1. The van der Waals surface area contributed by atoms with Gasteiger partial charge in [-0.1, -0.05) is 30.3 Å². The molecule has 2 aromatic rings. The molecule has 0 bridgehead atoms. The molecule has 2 N–H and O–H groups in total. The van der Waals surface area contributed by atoms with Gasteiger partial charge >= 0.3 is 5.97 Å². The average Bonchev–Trinajstić information content (AvgIpc) is 2.62. The fourth-order valence-electron chi connectivity index (χ4n) is 2.60. The topological polar surface area (TPSA) is 86.7 Å². The maximum atomic E-state index is 13.8. The largest absolute Gasteiger partial charge is 0.481 e. The Kier molecular flexibility index (Phi) is 7.05. The van der Waals surface area contributed by atoms with Gasteiger partial charge in [0.05, 0.1) is 5.69 Å². The van der Waals surface area contributed by atoms with E-state index in [1.807, 2.05) is 30.3 Å². The minimum Gasteiger partial charge on any atom is -0.481 e. The summed E-state index contributed by atoms with van der Waals surface area (Å²) in [5, 5.41) is 11.2. The highest BCUT2D eigenvalue weighted by Crippen LogP contribution is 2.19. The van der Waals surface area contributed by atoms with Crippen molar-refractivity contribution < 1.29 is 23.9 Å². The van der Waals surface area contributed by atoms with Gasteiger partial charge in [-0.3, -0.25) is 14.4 Å². The molecule has 0 aliphatic heterocycles. The van der Waals surface area contributed by atoms with Crippen LogP contribution in [0.25, 0.3) is 0 Å². The van der Waals surface area contributed by atoms with Crippen molar-refractivity contribution in [2.75, 3.05) is 11.9 Å². The summed E-state index contributed by atoms with van der Waals surface area (Å²) in [5.74, 6) is -2.38. The van der Waals surface area contributed by atoms with Crippen LogP contribution in [0.5, 0.6) is 0 Å². The van der Waals surface area contributed by atoms with Crippen LogP contribution in [0, 0.1) is 5.82 Å². The van der Waals surface area contributed by atoms with Crippen LogP contribution in [0.1, 0.15) is 35.7 Å². The second kappa shape index (κ2) is 9.47. The molecule has 7 heteroatoms. The molecule has 0 aliphatic carbocycles. The summed E-state index contributed by atoms with van der Waals surface area (Å²) in [6.07, 6.45) is 0.243. The van der Waals surface area contributed by atoms with E-state index in [9.17, 15) is 18.8 Å². The second-order valence-corrected chi connectivity index (χ2v) is 6.09. The molecule has 2 rings (SSSR count). The zero-order chi connectivity index (χ0) is 19.8. The molecule has 6 nitrogen and oxygen atoms in total. The molecule has 0 saturated heterocycles. The maximum absolute atomic E-state index is 13.8. The number of amides is 2. The van der Waals surface area contributed by atoms with E-state index < -0.39 is 17.7 Å². The molecule has 2 amide bonds. The third kappa shape index (κ3) is 6.22. The molecule has 0 radical (unpaired) electrons. The van der Waals surface area contributed by atoms with E-state index in [0.29, 0.717) is 13.0 Å². The lowest BCUT2D eigenvalue weighted by molar-refractivity contribution is -0.137. The van der Waals surface area contributed by atoms with E-state index in [0.717, 1.165) is 11.6 Å². The van der Waals surface area contributed by atoms with Crippen molar-refractivity contribution in [1.82, 2.24) is 4.90 Å². The Balaban J connectivity index is 2.23. The summed E-state index contributed by atoms with van der Waals surface area (Å²) < 4.78 is 13.8. The molecular weight excluding hydrogens is 351 g/mol. The zero-order valence-electron chi connectivity index (χ0n) is 14.9. The Morgan fingerprint density at radius 1 is 1.11 bits per heavy atom. The van der Waals surface area contributed by atoms with Crippen molar-refractivity contribution >= 4 is 23.5 Å². The van der Waals surface area contributed by atoms with Crippen LogP contribution in [0.2, 0.25) is 0 Å². The van der Waals surface area contributed by atoms with E-state index in [-0.39, 0.29) is 30.1 Å². The minimum absolute atomic E-state index is 0.0564. The number of nitrogens with one attached hydrogen (secondary N) is 1. The van der Waals surface area contributed by atoms with Gasteiger partial charge in [-0.15, -0.1) is 0 Å². The number of anilines is 1. The predicted molar refractivity (Wildman–Crippen MR) is 98.8 cm³/mol. The first-order chi connectivity index (χ1) is 12.9. The number of hydrogen-bond acceptors (Lipinski definition) is 3. The number of aliphatic carboxylic acids is 1. The quantitative estimate of drug-likeness (QED) is 0.744. The monoisotopic (exact) mass is 372 g/mol. The number of halogens is 1. The predicted octanol–water partition coefficient (Wildman–Crippen LogP) is 3.29. The van der Waals surface area contributed by atoms with Crippen LogP contribution in [-0.4, -0.2) is 34.3 Å². The third-order valence-corrected chi connectivity index (χ3v) is 3.85. The van der Waals surface area contributed by atoms with Crippen LogP contribution in [-0.2, 0) is 16.1 Å². The summed E-state index contributed by atoms with van der Waals surface area (Å²) in [7, 11) is 0. The number of nitrogens with zero attached hydrogens (tertiary/aromatic N) is 1. The average molecular weight is 372 g/mol. The smallest absolute Gasteiger partial charge is 0.303 e. The van der Waals surface area contributed by atoms with Crippen molar-refractivity contribution in [3.63, 3.8) is 0 Å². The molecule has 0 saturated carbocycles. The van der Waals surface area contributed by atoms with Gasteiger partial charge in [0.2, 0.25) is 5.91 Å². The highest BCUT2D eigenvalue weighted by Gasteiger charge is 2.18. The van der Waals surface area contributed by atoms with Crippen LogP contribution >= 0.6 is 0 Å². The van der Waals surface area contributed by atoms with Crippen molar-refractivity contribution in [2.24, 2.45) is 0 Å². The van der Waals surface area contributed by atoms with Crippen molar-refractivity contribution in [2.45, 2.75) is 26.3 Å². The van der Waals surface area contributed by atoms with Gasteiger partial charge in [0.25, 0.3) is 5.91 Å². The fourth-order valence-corrected chi connectivity index (χ4v) is 2.60. The Morgan fingerprint density at radius 2 is 1.81 bits per heavy atom. The molecule has 0 aromatic heterocycles. The summed E-state index contributed by atoms with van der Waals surface area (Å²) >= 11 is 0. The first kappa shape index (κ1) is 20.1. The van der Waals surface area contributed by atoms with Crippen LogP contribution in [0.15, 0.2) is 48.5 Å². The van der Waals surface area contributed by atoms with Crippen molar-refractivity contribution in [3.05, 3.63) is 65.5 Å². The van der Waals surface area contributed by atoms with Crippen molar-refractivity contribution in [3.8, 4) is 0 Å². The van der Waals surface area contributed by atoms with Gasteiger partial charge in [-0.2, -0.15) is 0 Å². The third-order valence-electron chi connectivity index (χ3n) is 3.85. The number of carboxylic acids is 1. The Bertz CT molecular complexity index is 824. The molecule has 27 heavy (non-hydrogen) atoms. The minimum atomic E-state index is -0.933. The maximum Gasteiger partial charge on any atom is 0.303 e. The van der Waals surface area contributed by atoms with E-state index in [1.165, 1.54) is 24.0 Å². The lowest BCUT2D eigenvalue weighted by Crippen LogP contribution is -2.32. The van der Waals surface area contributed by atoms with E-state index in [1.54, 1.807) is 0 Å². The zero-order valence-corrected chi connectivity index (χ0v) is 14.9. The molecule has 0 fully saturated rings. The number of hydrogen-bond donors (Lipinski definition) is 2. The fraction of sp³-hybridized carbons (Fsp3) is 0.250. The number of carbonyl (C=O) groups excluding carboxylic acids is 2. The van der Waals surface area contributed by atoms with Gasteiger partial charge < -0.3 is 15.3 Å². The van der Waals surface area contributed by atoms with Gasteiger partial charge in [-0.05, 0) is 30.2 Å². The molecule has 142 valence electrons. The normalized spacial score (nSPS) is 10.3. The molecule has 0 atom stereocenters. The number of carbonyl (C=O) groups is 3. The summed E-state index contributed by atoms with van der Waals surface area (Å²) in [4.78, 5) is 36.4. The van der Waals surface area contributed by atoms with E-state index in [4.69, 9.17) is 5.11 Å². The standard InChI is InChI=1S/C20H21FN2O4/c1-14(24)22-18-12-16(9-10-17(18)21)20(27)23(11-5-8-19(25)26)13-15-6-3-2-4-7-15/h2-4,6-7,9-10,12H,5,8,11,13H2,1H3,(H,22,24)(H,25,26). The van der Waals surface area contributed by atoms with Gasteiger partial charge in [0.15, 0.2) is 0 Å². The first-order valence-electron chi connectivity index (χ1n) is 8.49. The Hall–Kier alpha value is -3.22. The van der Waals surface area contributed by atoms with Crippen LogP contribution < -0.4 is 5.32 Å². The molecule has 0 spiro atoms. The van der Waals surface area contributed by atoms with Crippen molar-refractivity contribution in [1.29, 1.82) is 0 Å². The molecular formula is C20H21FN2O4. The van der Waals surface area contributed by atoms with Crippen LogP contribution in [0.4, 0.5) is 10.1 Å². The van der Waals surface area contributed by atoms with Crippen LogP contribution in [0.3, 0.4) is 0 Å².